The number of rotatable bonds is 8. The fourth-order valence-electron chi connectivity index (χ4n) is 2.38. The molecule has 6 nitrogen and oxygen atoms in total. The number of carbonyl (C=O) groups is 2. The lowest BCUT2D eigenvalue weighted by Gasteiger charge is -2.21. The molecule has 2 aromatic rings. The zero-order valence-electron chi connectivity index (χ0n) is 15.3. The summed E-state index contributed by atoms with van der Waals surface area (Å²) in [5.74, 6) is -1.63. The van der Waals surface area contributed by atoms with Crippen molar-refractivity contribution in [2.75, 3.05) is 25.2 Å². The first kappa shape index (κ1) is 20.6. The van der Waals surface area contributed by atoms with Crippen LogP contribution < -0.4 is 9.64 Å². The van der Waals surface area contributed by atoms with E-state index in [0.29, 0.717) is 11.3 Å². The Kier molecular flexibility index (Phi) is 7.73. The van der Waals surface area contributed by atoms with Gasteiger partial charge >= 0.3 is 5.97 Å². The maximum absolute atomic E-state index is 13.6. The quantitative estimate of drug-likeness (QED) is 0.517. The average Bonchev–Trinajstić information content (AvgIpc) is 2.72. The number of benzene rings is 2. The van der Waals surface area contributed by atoms with Gasteiger partial charge in [-0.3, -0.25) is 4.79 Å². The molecular weight excluding hydrogens is 363 g/mol. The highest BCUT2D eigenvalue weighted by Crippen LogP contribution is 2.18. The van der Waals surface area contributed by atoms with E-state index < -0.39 is 24.3 Å². The zero-order chi connectivity index (χ0) is 20.4. The summed E-state index contributed by atoms with van der Waals surface area (Å²) in [6.07, 6.45) is 2.63. The molecule has 0 fully saturated rings. The Morgan fingerprint density at radius 1 is 1.21 bits per heavy atom. The van der Waals surface area contributed by atoms with Gasteiger partial charge in [-0.1, -0.05) is 24.3 Å². The molecular formula is C21H19FN2O4. The Morgan fingerprint density at radius 2 is 1.96 bits per heavy atom. The number of esters is 1. The molecule has 0 radical (unpaired) electrons. The number of hydrogen-bond acceptors (Lipinski definition) is 5. The Labute approximate surface area is 162 Å². The van der Waals surface area contributed by atoms with Gasteiger partial charge in [0.2, 0.25) is 0 Å². The minimum absolute atomic E-state index is 0.101. The monoisotopic (exact) mass is 382 g/mol. The van der Waals surface area contributed by atoms with Crippen LogP contribution in [0.2, 0.25) is 0 Å². The normalized spacial score (nSPS) is 10.3. The van der Waals surface area contributed by atoms with Gasteiger partial charge in [-0.05, 0) is 35.9 Å². The molecule has 7 heteroatoms. The maximum Gasteiger partial charge on any atom is 0.331 e. The van der Waals surface area contributed by atoms with Crippen LogP contribution in [-0.2, 0) is 14.3 Å². The molecule has 0 aliphatic carbocycles. The van der Waals surface area contributed by atoms with E-state index in [4.69, 9.17) is 14.7 Å². The molecule has 0 aliphatic rings. The van der Waals surface area contributed by atoms with E-state index in [9.17, 15) is 14.0 Å². The lowest BCUT2D eigenvalue weighted by molar-refractivity contribution is -0.142. The van der Waals surface area contributed by atoms with Gasteiger partial charge in [0.1, 0.15) is 0 Å². The van der Waals surface area contributed by atoms with Gasteiger partial charge in [0.05, 0.1) is 19.6 Å². The number of para-hydroxylation sites is 1. The lowest BCUT2D eigenvalue weighted by Crippen LogP contribution is -2.35. The van der Waals surface area contributed by atoms with Crippen LogP contribution >= 0.6 is 0 Å². The molecule has 0 bridgehead atoms. The van der Waals surface area contributed by atoms with Crippen molar-refractivity contribution in [1.82, 2.24) is 0 Å². The Balaban J connectivity index is 1.95. The van der Waals surface area contributed by atoms with E-state index in [1.165, 1.54) is 30.2 Å². The largest absolute Gasteiger partial charge is 0.494 e. The topological polar surface area (TPSA) is 79.6 Å². The van der Waals surface area contributed by atoms with E-state index in [0.717, 1.165) is 6.08 Å². The molecule has 2 aromatic carbocycles. The van der Waals surface area contributed by atoms with Crippen molar-refractivity contribution in [2.24, 2.45) is 0 Å². The van der Waals surface area contributed by atoms with Crippen molar-refractivity contribution in [2.45, 2.75) is 6.42 Å². The summed E-state index contributed by atoms with van der Waals surface area (Å²) < 4.78 is 23.4. The van der Waals surface area contributed by atoms with Crippen LogP contribution in [0.15, 0.2) is 54.6 Å². The average molecular weight is 382 g/mol. The molecule has 0 saturated heterocycles. The van der Waals surface area contributed by atoms with Gasteiger partial charge in [0, 0.05) is 18.3 Å². The first-order valence-electron chi connectivity index (χ1n) is 8.46. The van der Waals surface area contributed by atoms with Crippen LogP contribution in [0.25, 0.3) is 6.08 Å². The fourth-order valence-corrected chi connectivity index (χ4v) is 2.38. The second-order valence-electron chi connectivity index (χ2n) is 5.62. The highest BCUT2D eigenvalue weighted by atomic mass is 19.1. The highest BCUT2D eigenvalue weighted by molar-refractivity contribution is 5.96. The Bertz CT molecular complexity index is 891. The molecule has 0 saturated carbocycles. The van der Waals surface area contributed by atoms with Gasteiger partial charge in [0.25, 0.3) is 5.91 Å². The molecule has 1 amide bonds. The van der Waals surface area contributed by atoms with Crippen LogP contribution in [0.3, 0.4) is 0 Å². The Morgan fingerprint density at radius 3 is 2.61 bits per heavy atom. The number of amides is 1. The first-order chi connectivity index (χ1) is 13.5. The summed E-state index contributed by atoms with van der Waals surface area (Å²) in [6, 6.07) is 15.0. The summed E-state index contributed by atoms with van der Waals surface area (Å²) in [6.45, 7) is -0.279. The minimum atomic E-state index is -0.738. The molecule has 144 valence electrons. The van der Waals surface area contributed by atoms with E-state index in [1.54, 1.807) is 30.3 Å². The summed E-state index contributed by atoms with van der Waals surface area (Å²) >= 11 is 0. The van der Waals surface area contributed by atoms with Gasteiger partial charge in [0.15, 0.2) is 18.2 Å². The van der Waals surface area contributed by atoms with Crippen LogP contribution in [0.4, 0.5) is 10.1 Å². The summed E-state index contributed by atoms with van der Waals surface area (Å²) in [4.78, 5) is 25.6. The molecule has 0 aliphatic heterocycles. The number of anilines is 1. The highest BCUT2D eigenvalue weighted by Gasteiger charge is 2.16. The Hall–Kier alpha value is -3.66. The number of ether oxygens (including phenoxy) is 2. The third kappa shape index (κ3) is 5.95. The molecule has 0 spiro atoms. The van der Waals surface area contributed by atoms with Gasteiger partial charge in [-0.25, -0.2) is 9.18 Å². The van der Waals surface area contributed by atoms with Crippen LogP contribution in [0, 0.1) is 17.1 Å². The van der Waals surface area contributed by atoms with Gasteiger partial charge in [-0.15, -0.1) is 0 Å². The molecule has 0 N–H and O–H groups in total. The van der Waals surface area contributed by atoms with E-state index in [2.05, 4.69) is 0 Å². The van der Waals surface area contributed by atoms with Gasteiger partial charge < -0.3 is 14.4 Å². The lowest BCUT2D eigenvalue weighted by atomic mass is 10.2. The molecule has 2 rings (SSSR count). The molecule has 0 atom stereocenters. The van der Waals surface area contributed by atoms with Crippen molar-refractivity contribution in [3.63, 3.8) is 0 Å². The maximum atomic E-state index is 13.6. The smallest absolute Gasteiger partial charge is 0.331 e. The third-order valence-corrected chi connectivity index (χ3v) is 3.74. The van der Waals surface area contributed by atoms with E-state index in [-0.39, 0.29) is 18.7 Å². The van der Waals surface area contributed by atoms with Crippen molar-refractivity contribution >= 4 is 23.6 Å². The van der Waals surface area contributed by atoms with Crippen LogP contribution in [0.1, 0.15) is 12.0 Å². The number of nitrogens with zero attached hydrogens (tertiary/aromatic N) is 2. The van der Waals surface area contributed by atoms with Gasteiger partial charge in [-0.2, -0.15) is 5.26 Å². The second kappa shape index (κ2) is 10.5. The number of carbonyl (C=O) groups excluding carboxylic acids is 2. The van der Waals surface area contributed by atoms with E-state index >= 15 is 0 Å². The third-order valence-electron chi connectivity index (χ3n) is 3.74. The van der Waals surface area contributed by atoms with Crippen LogP contribution in [-0.4, -0.2) is 32.1 Å². The standard InChI is InChI=1S/C21H19FN2O4/c1-27-19-10-8-16(14-18(19)22)9-11-21(26)28-15-20(25)24(13-5-12-23)17-6-3-2-4-7-17/h2-4,6-11,14H,5,13,15H2,1H3/b11-9+. The van der Waals surface area contributed by atoms with Crippen molar-refractivity contribution in [3.8, 4) is 11.8 Å². The zero-order valence-corrected chi connectivity index (χ0v) is 15.3. The summed E-state index contributed by atoms with van der Waals surface area (Å²) in [5, 5.41) is 8.78. The van der Waals surface area contributed by atoms with Crippen molar-refractivity contribution in [1.29, 1.82) is 5.26 Å². The number of hydrogen-bond donors (Lipinski definition) is 0. The first-order valence-corrected chi connectivity index (χ1v) is 8.46. The summed E-state index contributed by atoms with van der Waals surface area (Å²) in [5.41, 5.74) is 1.06. The number of halogens is 1. The number of nitriles is 1. The molecule has 0 aromatic heterocycles. The van der Waals surface area contributed by atoms with Crippen molar-refractivity contribution < 1.29 is 23.5 Å². The van der Waals surface area contributed by atoms with E-state index in [1.807, 2.05) is 12.1 Å². The predicted octanol–water partition coefficient (Wildman–Crippen LogP) is 3.34. The minimum Gasteiger partial charge on any atom is -0.494 e. The summed E-state index contributed by atoms with van der Waals surface area (Å²) in [7, 11) is 1.36. The SMILES string of the molecule is COc1ccc(/C=C/C(=O)OCC(=O)N(CCC#N)c2ccccc2)cc1F. The predicted molar refractivity (Wildman–Crippen MR) is 102 cm³/mol. The number of methoxy groups -OCH3 is 1. The van der Waals surface area contributed by atoms with Crippen molar-refractivity contribution in [3.05, 3.63) is 66.0 Å². The molecule has 0 heterocycles. The molecule has 28 heavy (non-hydrogen) atoms. The van der Waals surface area contributed by atoms with Crippen LogP contribution in [0.5, 0.6) is 5.75 Å². The second-order valence-corrected chi connectivity index (χ2v) is 5.62. The fraction of sp³-hybridized carbons (Fsp3) is 0.190. The molecule has 0 unspecified atom stereocenters.